The number of rotatable bonds is 0. The molecule has 2 aliphatic rings. The van der Waals surface area contributed by atoms with Crippen molar-refractivity contribution in [3.05, 3.63) is 12.5 Å². The lowest BCUT2D eigenvalue weighted by molar-refractivity contribution is 0.0692. The van der Waals surface area contributed by atoms with E-state index >= 15 is 0 Å². The van der Waals surface area contributed by atoms with Gasteiger partial charge in [-0.1, -0.05) is 0 Å². The molecule has 75 valence electrons. The van der Waals surface area contributed by atoms with Crippen LogP contribution in [0.5, 0.6) is 0 Å². The molecule has 3 heterocycles. The second-order valence-corrected chi connectivity index (χ2v) is 3.51. The molecule has 1 aromatic rings. The lowest BCUT2D eigenvalue weighted by Gasteiger charge is -2.28. The second kappa shape index (κ2) is 3.62. The molecule has 3 rings (SSSR count). The first-order valence-electron chi connectivity index (χ1n) is 4.99. The SMILES string of the molecule is [B]1C(N2CCOCC2)=Nc2cncnc21. The summed E-state index contributed by atoms with van der Waals surface area (Å²) in [5.41, 5.74) is 2.75. The number of ether oxygens (including phenoxy) is 1. The van der Waals surface area contributed by atoms with Crippen LogP contribution in [0.25, 0.3) is 0 Å². The Bertz CT molecular complexity index is 403. The summed E-state index contributed by atoms with van der Waals surface area (Å²) >= 11 is 0. The van der Waals surface area contributed by atoms with E-state index in [2.05, 4.69) is 19.9 Å². The van der Waals surface area contributed by atoms with Crippen molar-refractivity contribution in [3.63, 3.8) is 0 Å². The molecule has 15 heavy (non-hydrogen) atoms. The van der Waals surface area contributed by atoms with Crippen LogP contribution < -0.4 is 5.59 Å². The highest BCUT2D eigenvalue weighted by molar-refractivity contribution is 6.87. The highest BCUT2D eigenvalue weighted by Gasteiger charge is 2.23. The van der Waals surface area contributed by atoms with Crippen molar-refractivity contribution in [1.29, 1.82) is 0 Å². The van der Waals surface area contributed by atoms with Crippen LogP contribution in [-0.4, -0.2) is 54.2 Å². The summed E-state index contributed by atoms with van der Waals surface area (Å²) in [7, 11) is 2.00. The zero-order valence-electron chi connectivity index (χ0n) is 8.26. The van der Waals surface area contributed by atoms with E-state index in [0.29, 0.717) is 0 Å². The molecule has 0 N–H and O–H groups in total. The molecule has 0 amide bonds. The fourth-order valence-electron chi connectivity index (χ4n) is 1.76. The first-order chi connectivity index (χ1) is 7.43. The maximum atomic E-state index is 5.30. The van der Waals surface area contributed by atoms with Gasteiger partial charge in [0.05, 0.1) is 30.8 Å². The Labute approximate surface area is 88.4 Å². The molecule has 0 saturated carbocycles. The fraction of sp³-hybridized carbons (Fsp3) is 0.444. The average Bonchev–Trinajstić information content (AvgIpc) is 2.74. The maximum Gasteiger partial charge on any atom is 0.268 e. The van der Waals surface area contributed by atoms with Crippen molar-refractivity contribution >= 4 is 24.3 Å². The van der Waals surface area contributed by atoms with Crippen LogP contribution in [0.4, 0.5) is 5.69 Å². The Hall–Kier alpha value is -1.43. The molecule has 1 radical (unpaired) electrons. The van der Waals surface area contributed by atoms with Crippen molar-refractivity contribution in [2.24, 2.45) is 4.99 Å². The highest BCUT2D eigenvalue weighted by atomic mass is 16.5. The van der Waals surface area contributed by atoms with E-state index in [9.17, 15) is 0 Å². The number of morpholine rings is 1. The molecule has 0 unspecified atom stereocenters. The first-order valence-corrected chi connectivity index (χ1v) is 4.99. The van der Waals surface area contributed by atoms with Crippen LogP contribution in [-0.2, 0) is 4.74 Å². The zero-order chi connectivity index (χ0) is 10.1. The third-order valence-corrected chi connectivity index (χ3v) is 2.56. The average molecular weight is 201 g/mol. The van der Waals surface area contributed by atoms with E-state index in [1.165, 1.54) is 0 Å². The molecule has 0 atom stereocenters. The van der Waals surface area contributed by atoms with Crippen LogP contribution in [0.3, 0.4) is 0 Å². The van der Waals surface area contributed by atoms with Gasteiger partial charge in [0.1, 0.15) is 6.33 Å². The van der Waals surface area contributed by atoms with Gasteiger partial charge in [0, 0.05) is 18.7 Å². The molecule has 2 aliphatic heterocycles. The van der Waals surface area contributed by atoms with Crippen LogP contribution in [0.2, 0.25) is 0 Å². The maximum absolute atomic E-state index is 5.30. The van der Waals surface area contributed by atoms with Crippen molar-refractivity contribution < 1.29 is 4.74 Å². The number of hydrogen-bond donors (Lipinski definition) is 0. The van der Waals surface area contributed by atoms with E-state index < -0.39 is 0 Å². The standard InChI is InChI=1S/C9H10BN4O/c1-3-15-4-2-14(1)9-10-8-7(13-9)5-11-6-12-8/h5-6H,1-4H2. The third kappa shape index (κ3) is 1.61. The minimum absolute atomic E-state index is 0.773. The molecule has 0 bridgehead atoms. The Kier molecular flexibility index (Phi) is 2.14. The summed E-state index contributed by atoms with van der Waals surface area (Å²) in [6, 6.07) is 0. The molecular weight excluding hydrogens is 191 g/mol. The largest absolute Gasteiger partial charge is 0.378 e. The molecule has 0 aliphatic carbocycles. The molecule has 0 spiro atoms. The summed E-state index contributed by atoms with van der Waals surface area (Å²) < 4.78 is 5.30. The van der Waals surface area contributed by atoms with E-state index in [-0.39, 0.29) is 0 Å². The molecule has 6 heteroatoms. The minimum atomic E-state index is 0.773. The number of fused-ring (bicyclic) bond motifs is 1. The molecule has 1 fully saturated rings. The van der Waals surface area contributed by atoms with Gasteiger partial charge in [-0.2, -0.15) is 0 Å². The highest BCUT2D eigenvalue weighted by Crippen LogP contribution is 2.12. The van der Waals surface area contributed by atoms with Gasteiger partial charge in [0.25, 0.3) is 7.28 Å². The van der Waals surface area contributed by atoms with Gasteiger partial charge in [0.2, 0.25) is 0 Å². The summed E-state index contributed by atoms with van der Waals surface area (Å²) in [4.78, 5) is 14.8. The van der Waals surface area contributed by atoms with Gasteiger partial charge in [-0.15, -0.1) is 0 Å². The quantitative estimate of drug-likeness (QED) is 0.512. The Morgan fingerprint density at radius 3 is 3.00 bits per heavy atom. The van der Waals surface area contributed by atoms with Crippen LogP contribution in [0.15, 0.2) is 17.5 Å². The monoisotopic (exact) mass is 201 g/mol. The normalized spacial score (nSPS) is 19.5. The van der Waals surface area contributed by atoms with Gasteiger partial charge in [-0.05, 0) is 0 Å². The molecule has 1 saturated heterocycles. The van der Waals surface area contributed by atoms with Crippen molar-refractivity contribution in [3.8, 4) is 0 Å². The van der Waals surface area contributed by atoms with Gasteiger partial charge in [0.15, 0.2) is 0 Å². The Morgan fingerprint density at radius 1 is 1.33 bits per heavy atom. The zero-order valence-corrected chi connectivity index (χ0v) is 8.26. The van der Waals surface area contributed by atoms with Crippen LogP contribution in [0.1, 0.15) is 0 Å². The molecule has 0 aromatic carbocycles. The molecule has 5 nitrogen and oxygen atoms in total. The second-order valence-electron chi connectivity index (χ2n) is 3.51. The summed E-state index contributed by atoms with van der Waals surface area (Å²) in [5, 5.41) is 0. The lowest BCUT2D eigenvalue weighted by atomic mass is 9.73. The topological polar surface area (TPSA) is 50.6 Å². The number of amidine groups is 1. The predicted molar refractivity (Wildman–Crippen MR) is 56.9 cm³/mol. The molecule has 1 aromatic heterocycles. The molecular formula is C9H10BN4O. The van der Waals surface area contributed by atoms with Gasteiger partial charge in [-0.25, -0.2) is 15.0 Å². The summed E-state index contributed by atoms with van der Waals surface area (Å²) in [6.07, 6.45) is 3.29. The smallest absolute Gasteiger partial charge is 0.268 e. The number of aliphatic imine (C=N–C) groups is 1. The Balaban J connectivity index is 1.81. The summed E-state index contributed by atoms with van der Waals surface area (Å²) in [6.45, 7) is 3.34. The third-order valence-electron chi connectivity index (χ3n) is 2.56. The fourth-order valence-corrected chi connectivity index (χ4v) is 1.76. The van der Waals surface area contributed by atoms with Gasteiger partial charge >= 0.3 is 0 Å². The predicted octanol–water partition coefficient (Wildman–Crippen LogP) is -0.861. The van der Waals surface area contributed by atoms with Crippen molar-refractivity contribution in [2.75, 3.05) is 26.3 Å². The van der Waals surface area contributed by atoms with E-state index in [0.717, 1.165) is 43.3 Å². The van der Waals surface area contributed by atoms with Crippen LogP contribution in [0, 0.1) is 0 Å². The van der Waals surface area contributed by atoms with E-state index in [1.807, 2.05) is 7.28 Å². The lowest BCUT2D eigenvalue weighted by Crippen LogP contribution is -2.44. The Morgan fingerprint density at radius 2 is 2.20 bits per heavy atom. The summed E-state index contributed by atoms with van der Waals surface area (Å²) in [5.74, 6) is 0. The first kappa shape index (κ1) is 8.85. The van der Waals surface area contributed by atoms with Gasteiger partial charge in [-0.3, -0.25) is 0 Å². The van der Waals surface area contributed by atoms with E-state index in [1.54, 1.807) is 12.5 Å². The van der Waals surface area contributed by atoms with Gasteiger partial charge < -0.3 is 9.64 Å². The number of nitrogens with zero attached hydrogens (tertiary/aromatic N) is 4. The minimum Gasteiger partial charge on any atom is -0.378 e. The van der Waals surface area contributed by atoms with Crippen molar-refractivity contribution in [2.45, 2.75) is 0 Å². The number of hydrogen-bond acceptors (Lipinski definition) is 5. The van der Waals surface area contributed by atoms with E-state index in [4.69, 9.17) is 4.74 Å². The van der Waals surface area contributed by atoms with Crippen LogP contribution >= 0.6 is 0 Å². The van der Waals surface area contributed by atoms with Crippen molar-refractivity contribution in [1.82, 2.24) is 14.9 Å². The number of aromatic nitrogens is 2.